The third-order valence-corrected chi connectivity index (χ3v) is 6.28. The van der Waals surface area contributed by atoms with Crippen molar-refractivity contribution in [3.05, 3.63) is 53.3 Å². The molecule has 1 saturated heterocycles. The molecule has 0 amide bonds. The van der Waals surface area contributed by atoms with Crippen LogP contribution in [0.4, 0.5) is 0 Å². The number of nitrogens with zero attached hydrogens (tertiary/aromatic N) is 6. The summed E-state index contributed by atoms with van der Waals surface area (Å²) in [7, 11) is 0. The van der Waals surface area contributed by atoms with Crippen LogP contribution in [0.1, 0.15) is 55.6 Å². The molecule has 1 aliphatic carbocycles. The number of rotatable bonds is 6. The van der Waals surface area contributed by atoms with Crippen LogP contribution in [0.5, 0.6) is 0 Å². The highest BCUT2D eigenvalue weighted by molar-refractivity contribution is 6.30. The van der Waals surface area contributed by atoms with E-state index in [0.29, 0.717) is 6.04 Å². The largest absolute Gasteiger partial charge is 0.297 e. The van der Waals surface area contributed by atoms with E-state index in [-0.39, 0.29) is 6.04 Å². The van der Waals surface area contributed by atoms with Crippen LogP contribution in [0.25, 0.3) is 0 Å². The van der Waals surface area contributed by atoms with E-state index in [1.165, 1.54) is 37.7 Å². The number of hydrogen-bond donors (Lipinski definition) is 0. The maximum Gasteiger partial charge on any atom is 0.173 e. The second-order valence-electron chi connectivity index (χ2n) is 7.85. The average molecular weight is 401 g/mol. The van der Waals surface area contributed by atoms with Gasteiger partial charge in [0.2, 0.25) is 0 Å². The Bertz CT molecular complexity index is 759. The Hall–Kier alpha value is -1.76. The van der Waals surface area contributed by atoms with Crippen LogP contribution in [0.3, 0.4) is 0 Å². The van der Waals surface area contributed by atoms with Crippen LogP contribution in [0.15, 0.2) is 36.9 Å². The van der Waals surface area contributed by atoms with E-state index < -0.39 is 0 Å². The van der Waals surface area contributed by atoms with Crippen LogP contribution < -0.4 is 0 Å². The fourth-order valence-electron chi connectivity index (χ4n) is 4.52. The molecule has 150 valence electrons. The van der Waals surface area contributed by atoms with Crippen molar-refractivity contribution in [1.82, 2.24) is 30.0 Å². The molecular formula is C21H29ClN6. The van der Waals surface area contributed by atoms with Crippen molar-refractivity contribution >= 4 is 11.6 Å². The minimum absolute atomic E-state index is 0.0556. The number of tetrazole rings is 1. The molecule has 0 bridgehead atoms. The predicted octanol–water partition coefficient (Wildman–Crippen LogP) is 3.72. The molecule has 1 aromatic carbocycles. The Morgan fingerprint density at radius 3 is 2.46 bits per heavy atom. The first kappa shape index (κ1) is 19.6. The van der Waals surface area contributed by atoms with Crippen LogP contribution in [0.2, 0.25) is 5.02 Å². The number of benzene rings is 1. The molecule has 0 spiro atoms. The minimum atomic E-state index is 0.0556. The Labute approximate surface area is 172 Å². The van der Waals surface area contributed by atoms with Gasteiger partial charge in [0.15, 0.2) is 5.82 Å². The number of hydrogen-bond acceptors (Lipinski definition) is 5. The fourth-order valence-corrected chi connectivity index (χ4v) is 4.65. The highest BCUT2D eigenvalue weighted by atomic mass is 35.5. The monoisotopic (exact) mass is 400 g/mol. The Morgan fingerprint density at radius 2 is 1.79 bits per heavy atom. The normalized spacial score (nSPS) is 20.9. The molecule has 0 radical (unpaired) electrons. The van der Waals surface area contributed by atoms with Crippen molar-refractivity contribution in [2.45, 2.75) is 44.2 Å². The lowest BCUT2D eigenvalue weighted by molar-refractivity contribution is 0.111. The van der Waals surface area contributed by atoms with Gasteiger partial charge in [-0.05, 0) is 41.0 Å². The first-order chi connectivity index (χ1) is 13.8. The second kappa shape index (κ2) is 9.16. The second-order valence-corrected chi connectivity index (χ2v) is 8.29. The lowest BCUT2D eigenvalue weighted by Crippen LogP contribution is -2.48. The van der Waals surface area contributed by atoms with Crippen molar-refractivity contribution in [2.24, 2.45) is 0 Å². The van der Waals surface area contributed by atoms with Gasteiger partial charge in [0.05, 0.1) is 12.1 Å². The van der Waals surface area contributed by atoms with Gasteiger partial charge in [-0.25, -0.2) is 4.68 Å². The summed E-state index contributed by atoms with van der Waals surface area (Å²) < 4.78 is 2.11. The van der Waals surface area contributed by atoms with E-state index in [0.717, 1.165) is 43.6 Å². The van der Waals surface area contributed by atoms with Crippen LogP contribution >= 0.6 is 11.6 Å². The van der Waals surface area contributed by atoms with Crippen molar-refractivity contribution < 1.29 is 0 Å². The standard InChI is InChI=1S/C21H29ClN6/c1-2-12-26-13-15-27(16-14-26)20(17-8-10-18(22)11-9-17)21-23-24-25-28(21)19-6-4-3-5-7-19/h2,8-11,19-20H,1,3-7,12-16H2. The van der Waals surface area contributed by atoms with E-state index in [2.05, 4.69) is 48.7 Å². The van der Waals surface area contributed by atoms with Gasteiger partial charge >= 0.3 is 0 Å². The maximum absolute atomic E-state index is 6.16. The third kappa shape index (κ3) is 4.29. The molecule has 1 aromatic heterocycles. The highest BCUT2D eigenvalue weighted by Crippen LogP contribution is 2.34. The lowest BCUT2D eigenvalue weighted by atomic mass is 9.95. The molecular weight excluding hydrogens is 372 g/mol. The predicted molar refractivity (Wildman–Crippen MR) is 111 cm³/mol. The summed E-state index contributed by atoms with van der Waals surface area (Å²) >= 11 is 6.16. The molecule has 6 nitrogen and oxygen atoms in total. The minimum Gasteiger partial charge on any atom is -0.297 e. The Balaban J connectivity index is 1.64. The van der Waals surface area contributed by atoms with Gasteiger partial charge in [-0.3, -0.25) is 9.80 Å². The van der Waals surface area contributed by atoms with Gasteiger partial charge in [0.1, 0.15) is 0 Å². The number of halogens is 1. The Kier molecular flexibility index (Phi) is 6.40. The average Bonchev–Trinajstić information content (AvgIpc) is 3.21. The van der Waals surface area contributed by atoms with E-state index in [1.807, 2.05) is 18.2 Å². The first-order valence-electron chi connectivity index (χ1n) is 10.4. The van der Waals surface area contributed by atoms with Gasteiger partial charge in [0, 0.05) is 37.7 Å². The molecule has 1 atom stereocenters. The summed E-state index contributed by atoms with van der Waals surface area (Å²) in [5.41, 5.74) is 1.20. The third-order valence-electron chi connectivity index (χ3n) is 6.03. The summed E-state index contributed by atoms with van der Waals surface area (Å²) in [6, 6.07) is 8.63. The molecule has 2 heterocycles. The Morgan fingerprint density at radius 1 is 1.07 bits per heavy atom. The molecule has 2 fully saturated rings. The van der Waals surface area contributed by atoms with Gasteiger partial charge in [-0.1, -0.05) is 49.1 Å². The molecule has 28 heavy (non-hydrogen) atoms. The molecule has 7 heteroatoms. The van der Waals surface area contributed by atoms with Gasteiger partial charge < -0.3 is 0 Å². The summed E-state index contributed by atoms with van der Waals surface area (Å²) in [5, 5.41) is 13.8. The zero-order valence-electron chi connectivity index (χ0n) is 16.4. The maximum atomic E-state index is 6.16. The quantitative estimate of drug-likeness (QED) is 0.691. The summed E-state index contributed by atoms with van der Waals surface area (Å²) in [4.78, 5) is 4.94. The van der Waals surface area contributed by atoms with Gasteiger partial charge in [-0.15, -0.1) is 11.7 Å². The summed E-state index contributed by atoms with van der Waals surface area (Å²) in [6.45, 7) is 8.84. The van der Waals surface area contributed by atoms with Crippen molar-refractivity contribution in [2.75, 3.05) is 32.7 Å². The van der Waals surface area contributed by atoms with Crippen molar-refractivity contribution in [3.8, 4) is 0 Å². The van der Waals surface area contributed by atoms with Crippen LogP contribution in [-0.4, -0.2) is 62.7 Å². The van der Waals surface area contributed by atoms with E-state index in [4.69, 9.17) is 11.6 Å². The summed E-state index contributed by atoms with van der Waals surface area (Å²) in [5.74, 6) is 0.964. The fraction of sp³-hybridized carbons (Fsp3) is 0.571. The first-order valence-corrected chi connectivity index (χ1v) is 10.7. The summed E-state index contributed by atoms with van der Waals surface area (Å²) in [6.07, 6.45) is 8.15. The number of aromatic nitrogens is 4. The smallest absolute Gasteiger partial charge is 0.173 e. The van der Waals surface area contributed by atoms with Crippen molar-refractivity contribution in [1.29, 1.82) is 0 Å². The van der Waals surface area contributed by atoms with Crippen LogP contribution in [-0.2, 0) is 0 Å². The SMILES string of the molecule is C=CCN1CCN(C(c2ccc(Cl)cc2)c2nnnn2C2CCCCC2)CC1. The highest BCUT2D eigenvalue weighted by Gasteiger charge is 2.32. The van der Waals surface area contributed by atoms with Gasteiger partial charge in [-0.2, -0.15) is 0 Å². The lowest BCUT2D eigenvalue weighted by Gasteiger charge is -2.39. The number of piperazine rings is 1. The van der Waals surface area contributed by atoms with Crippen LogP contribution in [0, 0.1) is 0 Å². The molecule has 2 aromatic rings. The zero-order valence-corrected chi connectivity index (χ0v) is 17.1. The molecule has 0 N–H and O–H groups in total. The van der Waals surface area contributed by atoms with Gasteiger partial charge in [0.25, 0.3) is 0 Å². The van der Waals surface area contributed by atoms with E-state index >= 15 is 0 Å². The van der Waals surface area contributed by atoms with Crippen molar-refractivity contribution in [3.63, 3.8) is 0 Å². The molecule has 2 aliphatic rings. The van der Waals surface area contributed by atoms with E-state index in [1.54, 1.807) is 0 Å². The molecule has 1 unspecified atom stereocenters. The molecule has 1 aliphatic heterocycles. The zero-order chi connectivity index (χ0) is 19.3. The topological polar surface area (TPSA) is 50.1 Å². The molecule has 1 saturated carbocycles. The molecule has 4 rings (SSSR count). The van der Waals surface area contributed by atoms with E-state index in [9.17, 15) is 0 Å².